The molecule has 0 spiro atoms. The number of benzene rings is 1. The van der Waals surface area contributed by atoms with Crippen molar-refractivity contribution in [2.24, 2.45) is 5.41 Å². The van der Waals surface area contributed by atoms with Crippen molar-refractivity contribution in [3.63, 3.8) is 0 Å². The van der Waals surface area contributed by atoms with Crippen LogP contribution in [0.25, 0.3) is 0 Å². The number of halogens is 2. The highest BCUT2D eigenvalue weighted by Crippen LogP contribution is 2.23. The fraction of sp³-hybridized carbons (Fsp3) is 0.429. The predicted molar refractivity (Wildman–Crippen MR) is 70.4 cm³/mol. The minimum Gasteiger partial charge on any atom is -0.465 e. The number of esters is 1. The van der Waals surface area contributed by atoms with Crippen molar-refractivity contribution in [2.45, 2.75) is 27.2 Å². The molecular formula is C14H17F2NO3. The fourth-order valence-corrected chi connectivity index (χ4v) is 1.59. The van der Waals surface area contributed by atoms with Gasteiger partial charge in [0.15, 0.2) is 0 Å². The van der Waals surface area contributed by atoms with Crippen molar-refractivity contribution in [1.82, 2.24) is 0 Å². The van der Waals surface area contributed by atoms with E-state index in [4.69, 9.17) is 0 Å². The fourth-order valence-electron chi connectivity index (χ4n) is 1.59. The Kier molecular flexibility index (Phi) is 4.81. The van der Waals surface area contributed by atoms with E-state index in [1.165, 1.54) is 0 Å². The van der Waals surface area contributed by atoms with Crippen LogP contribution in [-0.2, 0) is 9.53 Å². The van der Waals surface area contributed by atoms with Crippen LogP contribution in [0.1, 0.15) is 37.6 Å². The summed E-state index contributed by atoms with van der Waals surface area (Å²) in [6.07, 6.45) is 0.164. The SMILES string of the molecule is COC(=O)c1cc(NC(=O)CC(C)(C)C)c(F)cc1F. The zero-order valence-electron chi connectivity index (χ0n) is 11.8. The summed E-state index contributed by atoms with van der Waals surface area (Å²) in [7, 11) is 1.09. The van der Waals surface area contributed by atoms with Crippen molar-refractivity contribution in [3.8, 4) is 0 Å². The summed E-state index contributed by atoms with van der Waals surface area (Å²) in [4.78, 5) is 23.0. The summed E-state index contributed by atoms with van der Waals surface area (Å²) in [6.45, 7) is 5.56. The number of anilines is 1. The second-order valence-corrected chi connectivity index (χ2v) is 5.59. The number of nitrogens with one attached hydrogen (secondary N) is 1. The average molecular weight is 285 g/mol. The van der Waals surface area contributed by atoms with Gasteiger partial charge in [0.05, 0.1) is 18.4 Å². The molecular weight excluding hydrogens is 268 g/mol. The second-order valence-electron chi connectivity index (χ2n) is 5.59. The normalized spacial score (nSPS) is 11.1. The standard InChI is InChI=1S/C14H17F2NO3/c1-14(2,3)7-12(18)17-11-5-8(13(19)20-4)9(15)6-10(11)16/h5-6H,7H2,1-4H3,(H,17,18). The highest BCUT2D eigenvalue weighted by Gasteiger charge is 2.20. The number of hydrogen-bond acceptors (Lipinski definition) is 3. The number of carbonyl (C=O) groups excluding carboxylic acids is 2. The van der Waals surface area contributed by atoms with Crippen LogP contribution >= 0.6 is 0 Å². The highest BCUT2D eigenvalue weighted by atomic mass is 19.1. The number of hydrogen-bond donors (Lipinski definition) is 1. The Bertz CT molecular complexity index is 536. The lowest BCUT2D eigenvalue weighted by atomic mass is 9.92. The maximum Gasteiger partial charge on any atom is 0.340 e. The van der Waals surface area contributed by atoms with Crippen LogP contribution in [0.2, 0.25) is 0 Å². The van der Waals surface area contributed by atoms with E-state index < -0.39 is 29.1 Å². The summed E-state index contributed by atoms with van der Waals surface area (Å²) < 4.78 is 31.4. The molecule has 0 unspecified atom stereocenters. The molecule has 0 fully saturated rings. The molecule has 110 valence electrons. The molecule has 0 aliphatic heterocycles. The van der Waals surface area contributed by atoms with E-state index in [1.807, 2.05) is 20.8 Å². The van der Waals surface area contributed by atoms with Crippen molar-refractivity contribution in [3.05, 3.63) is 29.3 Å². The van der Waals surface area contributed by atoms with Gasteiger partial charge >= 0.3 is 5.97 Å². The molecule has 0 bridgehead atoms. The summed E-state index contributed by atoms with van der Waals surface area (Å²) >= 11 is 0. The monoisotopic (exact) mass is 285 g/mol. The van der Waals surface area contributed by atoms with Gasteiger partial charge in [-0.3, -0.25) is 4.79 Å². The molecule has 4 nitrogen and oxygen atoms in total. The van der Waals surface area contributed by atoms with Gasteiger partial charge in [-0.25, -0.2) is 13.6 Å². The highest BCUT2D eigenvalue weighted by molar-refractivity contribution is 5.95. The molecule has 1 aromatic rings. The van der Waals surface area contributed by atoms with E-state index in [-0.39, 0.29) is 17.5 Å². The summed E-state index contributed by atoms with van der Waals surface area (Å²) in [6, 6.07) is 1.47. The third-order valence-electron chi connectivity index (χ3n) is 2.43. The Labute approximate surface area is 116 Å². The number of ether oxygens (including phenoxy) is 1. The van der Waals surface area contributed by atoms with E-state index in [2.05, 4.69) is 10.1 Å². The maximum atomic E-state index is 13.6. The van der Waals surface area contributed by atoms with Gasteiger partial charge in [-0.2, -0.15) is 0 Å². The van der Waals surface area contributed by atoms with Gasteiger partial charge in [-0.05, 0) is 11.5 Å². The lowest BCUT2D eigenvalue weighted by molar-refractivity contribution is -0.117. The van der Waals surface area contributed by atoms with Gasteiger partial charge in [0.25, 0.3) is 0 Å². The van der Waals surface area contributed by atoms with Crippen molar-refractivity contribution in [2.75, 3.05) is 12.4 Å². The van der Waals surface area contributed by atoms with Crippen LogP contribution < -0.4 is 5.32 Å². The molecule has 6 heteroatoms. The van der Waals surface area contributed by atoms with Crippen LogP contribution in [0.15, 0.2) is 12.1 Å². The molecule has 0 aliphatic rings. The van der Waals surface area contributed by atoms with Gasteiger partial charge in [0.1, 0.15) is 11.6 Å². The number of rotatable bonds is 3. The van der Waals surface area contributed by atoms with Gasteiger partial charge in [0, 0.05) is 12.5 Å². The Hall–Kier alpha value is -1.98. The first-order valence-electron chi connectivity index (χ1n) is 6.01. The van der Waals surface area contributed by atoms with Crippen molar-refractivity contribution in [1.29, 1.82) is 0 Å². The van der Waals surface area contributed by atoms with Crippen molar-refractivity contribution < 1.29 is 23.1 Å². The second kappa shape index (κ2) is 5.98. The molecule has 0 atom stereocenters. The van der Waals surface area contributed by atoms with E-state index in [1.54, 1.807) is 0 Å². The van der Waals surface area contributed by atoms with Crippen LogP contribution in [0.3, 0.4) is 0 Å². The van der Waals surface area contributed by atoms with Gasteiger partial charge in [-0.1, -0.05) is 20.8 Å². The first-order chi connectivity index (χ1) is 9.14. The average Bonchev–Trinajstić information content (AvgIpc) is 2.29. The number of methoxy groups -OCH3 is 1. The van der Waals surface area contributed by atoms with E-state index in [9.17, 15) is 18.4 Å². The summed E-state index contributed by atoms with van der Waals surface area (Å²) in [5.74, 6) is -3.34. The molecule has 1 amide bonds. The molecule has 0 heterocycles. The smallest absolute Gasteiger partial charge is 0.340 e. The van der Waals surface area contributed by atoms with Crippen LogP contribution in [-0.4, -0.2) is 19.0 Å². The van der Waals surface area contributed by atoms with E-state index in [0.29, 0.717) is 6.07 Å². The minimum atomic E-state index is -1.04. The Morgan fingerprint density at radius 1 is 1.20 bits per heavy atom. The summed E-state index contributed by atoms with van der Waals surface area (Å²) in [5.41, 5.74) is -0.952. The van der Waals surface area contributed by atoms with Crippen LogP contribution in [0.4, 0.5) is 14.5 Å². The zero-order valence-corrected chi connectivity index (χ0v) is 11.8. The third kappa shape index (κ3) is 4.29. The molecule has 0 saturated carbocycles. The molecule has 0 aromatic heterocycles. The quantitative estimate of drug-likeness (QED) is 0.868. The largest absolute Gasteiger partial charge is 0.465 e. The molecule has 20 heavy (non-hydrogen) atoms. The van der Waals surface area contributed by atoms with Crippen molar-refractivity contribution >= 4 is 17.6 Å². The molecule has 1 aromatic carbocycles. The molecule has 0 radical (unpaired) electrons. The zero-order chi connectivity index (χ0) is 15.5. The van der Waals surface area contributed by atoms with Crippen LogP contribution in [0, 0.1) is 17.0 Å². The predicted octanol–water partition coefficient (Wildman–Crippen LogP) is 3.13. The topological polar surface area (TPSA) is 55.4 Å². The van der Waals surface area contributed by atoms with E-state index in [0.717, 1.165) is 13.2 Å². The van der Waals surface area contributed by atoms with Gasteiger partial charge < -0.3 is 10.1 Å². The van der Waals surface area contributed by atoms with Gasteiger partial charge in [0.2, 0.25) is 5.91 Å². The third-order valence-corrected chi connectivity index (χ3v) is 2.43. The lowest BCUT2D eigenvalue weighted by Gasteiger charge is -2.17. The lowest BCUT2D eigenvalue weighted by Crippen LogP contribution is -2.20. The maximum absolute atomic E-state index is 13.6. The Morgan fingerprint density at radius 2 is 1.80 bits per heavy atom. The molecule has 0 aliphatic carbocycles. The van der Waals surface area contributed by atoms with Gasteiger partial charge in [-0.15, -0.1) is 0 Å². The molecule has 0 saturated heterocycles. The Morgan fingerprint density at radius 3 is 2.30 bits per heavy atom. The van der Waals surface area contributed by atoms with E-state index >= 15 is 0 Å². The van der Waals surface area contributed by atoms with Crippen LogP contribution in [0.5, 0.6) is 0 Å². The first-order valence-corrected chi connectivity index (χ1v) is 6.01. The summed E-state index contributed by atoms with van der Waals surface area (Å²) in [5, 5.41) is 2.32. The molecule has 1 rings (SSSR count). The number of amides is 1. The Balaban J connectivity index is 3.01. The number of carbonyl (C=O) groups is 2. The minimum absolute atomic E-state index is 0.164. The molecule has 1 N–H and O–H groups in total. The first kappa shape index (κ1) is 16.1.